The summed E-state index contributed by atoms with van der Waals surface area (Å²) in [5.41, 5.74) is 0.219. The number of nitro benzene ring substituents is 1. The first-order valence-electron chi connectivity index (χ1n) is 5.78. The molecular formula is C14H8ClN3O3. The summed E-state index contributed by atoms with van der Waals surface area (Å²) in [5, 5.41) is 22.0. The molecule has 6 nitrogen and oxygen atoms in total. The average Bonchev–Trinajstić information content (AvgIpc) is 2.47. The zero-order valence-electron chi connectivity index (χ0n) is 10.5. The molecule has 21 heavy (non-hydrogen) atoms. The number of amides is 1. The number of carbonyl (C=O) groups excluding carboxylic acids is 1. The molecule has 2 rings (SSSR count). The lowest BCUT2D eigenvalue weighted by Gasteiger charge is -2.08. The van der Waals surface area contributed by atoms with Gasteiger partial charge >= 0.3 is 0 Å². The van der Waals surface area contributed by atoms with Crippen molar-refractivity contribution in [3.63, 3.8) is 0 Å². The molecule has 0 unspecified atom stereocenters. The van der Waals surface area contributed by atoms with Gasteiger partial charge in [-0.05, 0) is 18.2 Å². The van der Waals surface area contributed by atoms with Crippen molar-refractivity contribution in [2.45, 2.75) is 0 Å². The first-order chi connectivity index (χ1) is 10.0. The van der Waals surface area contributed by atoms with Crippen LogP contribution in [-0.2, 0) is 0 Å². The number of nitriles is 1. The summed E-state index contributed by atoms with van der Waals surface area (Å²) in [6.45, 7) is 0. The van der Waals surface area contributed by atoms with Crippen molar-refractivity contribution in [2.24, 2.45) is 0 Å². The molecule has 0 heterocycles. The lowest BCUT2D eigenvalue weighted by molar-refractivity contribution is -0.384. The van der Waals surface area contributed by atoms with E-state index in [4.69, 9.17) is 16.9 Å². The van der Waals surface area contributed by atoms with Crippen LogP contribution >= 0.6 is 11.6 Å². The summed E-state index contributed by atoms with van der Waals surface area (Å²) in [6.07, 6.45) is 0. The fourth-order valence-corrected chi connectivity index (χ4v) is 2.00. The minimum atomic E-state index is -0.664. The summed E-state index contributed by atoms with van der Waals surface area (Å²) in [5.74, 6) is -0.619. The molecule has 0 aliphatic heterocycles. The first kappa shape index (κ1) is 14.5. The van der Waals surface area contributed by atoms with Gasteiger partial charge in [-0.15, -0.1) is 0 Å². The molecule has 0 saturated heterocycles. The molecule has 2 aromatic carbocycles. The maximum Gasteiger partial charge on any atom is 0.288 e. The molecular weight excluding hydrogens is 294 g/mol. The summed E-state index contributed by atoms with van der Waals surface area (Å²) in [4.78, 5) is 22.3. The topological polar surface area (TPSA) is 96.0 Å². The van der Waals surface area contributed by atoms with Crippen molar-refractivity contribution < 1.29 is 9.72 Å². The van der Waals surface area contributed by atoms with Crippen molar-refractivity contribution in [3.8, 4) is 6.07 Å². The third kappa shape index (κ3) is 2.99. The van der Waals surface area contributed by atoms with Crippen LogP contribution in [0, 0.1) is 21.4 Å². The monoisotopic (exact) mass is 301 g/mol. The molecule has 0 aliphatic carbocycles. The number of nitrogens with one attached hydrogen (secondary N) is 1. The van der Waals surface area contributed by atoms with Crippen LogP contribution in [0.25, 0.3) is 0 Å². The van der Waals surface area contributed by atoms with E-state index in [1.54, 1.807) is 24.3 Å². The number of anilines is 1. The zero-order chi connectivity index (χ0) is 15.4. The molecule has 1 N–H and O–H groups in total. The van der Waals surface area contributed by atoms with Crippen LogP contribution in [0.3, 0.4) is 0 Å². The number of hydrogen-bond donors (Lipinski definition) is 1. The lowest BCUT2D eigenvalue weighted by atomic mass is 10.1. The van der Waals surface area contributed by atoms with E-state index in [-0.39, 0.29) is 21.8 Å². The highest BCUT2D eigenvalue weighted by Crippen LogP contribution is 2.28. The van der Waals surface area contributed by atoms with E-state index in [1.807, 2.05) is 6.07 Å². The Hall–Kier alpha value is -2.91. The number of benzene rings is 2. The van der Waals surface area contributed by atoms with Gasteiger partial charge in [0, 0.05) is 6.07 Å². The predicted octanol–water partition coefficient (Wildman–Crippen LogP) is 3.37. The number of para-hydroxylation sites is 1. The van der Waals surface area contributed by atoms with E-state index in [0.717, 1.165) is 0 Å². The molecule has 0 radical (unpaired) electrons. The molecule has 0 saturated carbocycles. The van der Waals surface area contributed by atoms with Gasteiger partial charge in [0.25, 0.3) is 11.6 Å². The molecule has 0 fully saturated rings. The molecule has 0 atom stereocenters. The van der Waals surface area contributed by atoms with Crippen LogP contribution in [0.1, 0.15) is 15.9 Å². The third-order valence-corrected chi connectivity index (χ3v) is 3.11. The Balaban J connectivity index is 2.36. The second-order valence-corrected chi connectivity index (χ2v) is 4.39. The maximum atomic E-state index is 12.2. The summed E-state index contributed by atoms with van der Waals surface area (Å²) >= 11 is 5.87. The Morgan fingerprint density at radius 2 is 1.95 bits per heavy atom. The number of nitrogens with zero attached hydrogens (tertiary/aromatic N) is 2. The predicted molar refractivity (Wildman–Crippen MR) is 77.2 cm³/mol. The minimum Gasteiger partial charge on any atom is -0.321 e. The molecule has 0 aliphatic rings. The number of carbonyl (C=O) groups is 1. The summed E-state index contributed by atoms with van der Waals surface area (Å²) in [6, 6.07) is 12.3. The van der Waals surface area contributed by atoms with Gasteiger partial charge in [0.1, 0.15) is 11.1 Å². The Morgan fingerprint density at radius 3 is 2.62 bits per heavy atom. The van der Waals surface area contributed by atoms with Crippen LogP contribution < -0.4 is 5.32 Å². The van der Waals surface area contributed by atoms with Gasteiger partial charge in [0.15, 0.2) is 0 Å². The van der Waals surface area contributed by atoms with Gasteiger partial charge in [-0.1, -0.05) is 29.8 Å². The van der Waals surface area contributed by atoms with E-state index in [2.05, 4.69) is 5.32 Å². The largest absolute Gasteiger partial charge is 0.321 e. The molecule has 0 spiro atoms. The zero-order valence-corrected chi connectivity index (χ0v) is 11.3. The van der Waals surface area contributed by atoms with Crippen molar-refractivity contribution in [3.05, 3.63) is 68.7 Å². The van der Waals surface area contributed by atoms with Gasteiger partial charge in [0.05, 0.1) is 21.7 Å². The molecule has 0 aromatic heterocycles. The van der Waals surface area contributed by atoms with Gasteiger partial charge in [-0.25, -0.2) is 0 Å². The van der Waals surface area contributed by atoms with E-state index in [1.165, 1.54) is 18.2 Å². The lowest BCUT2D eigenvalue weighted by Crippen LogP contribution is -2.13. The Labute approximate surface area is 124 Å². The Bertz CT molecular complexity index is 768. The Kier molecular flexibility index (Phi) is 4.16. The van der Waals surface area contributed by atoms with Crippen LogP contribution in [0.5, 0.6) is 0 Å². The number of nitro groups is 1. The average molecular weight is 302 g/mol. The van der Waals surface area contributed by atoms with Gasteiger partial charge in [-0.3, -0.25) is 14.9 Å². The van der Waals surface area contributed by atoms with E-state index in [9.17, 15) is 14.9 Å². The van der Waals surface area contributed by atoms with E-state index >= 15 is 0 Å². The van der Waals surface area contributed by atoms with Crippen molar-refractivity contribution in [1.82, 2.24) is 0 Å². The second kappa shape index (κ2) is 6.03. The van der Waals surface area contributed by atoms with Gasteiger partial charge < -0.3 is 5.32 Å². The van der Waals surface area contributed by atoms with Crippen LogP contribution in [-0.4, -0.2) is 10.8 Å². The van der Waals surface area contributed by atoms with Gasteiger partial charge in [-0.2, -0.15) is 5.26 Å². The second-order valence-electron chi connectivity index (χ2n) is 4.01. The van der Waals surface area contributed by atoms with Crippen molar-refractivity contribution in [2.75, 3.05) is 5.32 Å². The molecule has 1 amide bonds. The number of halogens is 1. The SMILES string of the molecule is N#Cc1ccccc1NC(=O)c1cccc([N+](=O)[O-])c1Cl. The van der Waals surface area contributed by atoms with Crippen LogP contribution in [0.15, 0.2) is 42.5 Å². The smallest absolute Gasteiger partial charge is 0.288 e. The highest BCUT2D eigenvalue weighted by molar-refractivity contribution is 6.36. The fraction of sp³-hybridized carbons (Fsp3) is 0. The van der Waals surface area contributed by atoms with E-state index < -0.39 is 10.8 Å². The van der Waals surface area contributed by atoms with Crippen LogP contribution in [0.4, 0.5) is 11.4 Å². The van der Waals surface area contributed by atoms with Crippen LogP contribution in [0.2, 0.25) is 5.02 Å². The standard InChI is InChI=1S/C14H8ClN3O3/c15-13-10(5-3-7-12(13)18(20)21)14(19)17-11-6-2-1-4-9(11)8-16/h1-7H,(H,17,19). The van der Waals surface area contributed by atoms with E-state index in [0.29, 0.717) is 5.69 Å². The minimum absolute atomic E-state index is 0.0291. The number of hydrogen-bond acceptors (Lipinski definition) is 4. The highest BCUT2D eigenvalue weighted by atomic mass is 35.5. The van der Waals surface area contributed by atoms with Crippen molar-refractivity contribution >= 4 is 28.9 Å². The third-order valence-electron chi connectivity index (χ3n) is 2.72. The highest BCUT2D eigenvalue weighted by Gasteiger charge is 2.20. The van der Waals surface area contributed by atoms with Crippen molar-refractivity contribution in [1.29, 1.82) is 5.26 Å². The molecule has 104 valence electrons. The molecule has 2 aromatic rings. The quantitative estimate of drug-likeness (QED) is 0.694. The first-order valence-corrected chi connectivity index (χ1v) is 6.15. The fourth-order valence-electron chi connectivity index (χ4n) is 1.72. The Morgan fingerprint density at radius 1 is 1.24 bits per heavy atom. The number of rotatable bonds is 3. The molecule has 7 heteroatoms. The maximum absolute atomic E-state index is 12.2. The normalized spacial score (nSPS) is 9.71. The summed E-state index contributed by atoms with van der Waals surface area (Å²) in [7, 11) is 0. The summed E-state index contributed by atoms with van der Waals surface area (Å²) < 4.78 is 0. The van der Waals surface area contributed by atoms with Gasteiger partial charge in [0.2, 0.25) is 0 Å². The molecule has 0 bridgehead atoms.